The quantitative estimate of drug-likeness (QED) is 0.699. The maximum absolute atomic E-state index is 10.8. The van der Waals surface area contributed by atoms with Crippen molar-refractivity contribution in [2.75, 3.05) is 0 Å². The number of rotatable bonds is 1. The van der Waals surface area contributed by atoms with Gasteiger partial charge in [0.15, 0.2) is 5.82 Å². The number of nitrogens with one attached hydrogen (secondary N) is 1. The molecular weight excluding hydrogens is 166 g/mol. The Balaban J connectivity index is 2.47. The van der Waals surface area contributed by atoms with E-state index in [1.807, 2.05) is 19.1 Å². The predicted molar refractivity (Wildman–Crippen MR) is 48.9 cm³/mol. The highest BCUT2D eigenvalue weighted by Crippen LogP contribution is 2.01. The van der Waals surface area contributed by atoms with Crippen LogP contribution in [0.4, 0.5) is 0 Å². The third kappa shape index (κ3) is 1.51. The molecule has 2 aromatic rings. The smallest absolute Gasteiger partial charge is 0.264 e. The summed E-state index contributed by atoms with van der Waals surface area (Å²) < 4.78 is 1.59. The minimum absolute atomic E-state index is 0.123. The molecule has 0 aliphatic heterocycles. The van der Waals surface area contributed by atoms with Gasteiger partial charge in [-0.3, -0.25) is 9.89 Å². The van der Waals surface area contributed by atoms with Gasteiger partial charge < -0.3 is 0 Å². The van der Waals surface area contributed by atoms with Crippen LogP contribution in [-0.4, -0.2) is 14.8 Å². The van der Waals surface area contributed by atoms with E-state index < -0.39 is 0 Å². The maximum Gasteiger partial charge on any atom is 0.264 e. The summed E-state index contributed by atoms with van der Waals surface area (Å²) in [6, 6.07) is 5.26. The monoisotopic (exact) mass is 175 g/mol. The van der Waals surface area contributed by atoms with Crippen LogP contribution < -0.4 is 5.56 Å². The summed E-state index contributed by atoms with van der Waals surface area (Å²) in [6.07, 6.45) is 3.41. The van der Waals surface area contributed by atoms with Crippen LogP contribution in [0.3, 0.4) is 0 Å². The van der Waals surface area contributed by atoms with Gasteiger partial charge in [-0.15, -0.1) is 0 Å². The fourth-order valence-corrected chi connectivity index (χ4v) is 1.07. The van der Waals surface area contributed by atoms with Crippen molar-refractivity contribution in [2.24, 2.45) is 0 Å². The van der Waals surface area contributed by atoms with Crippen LogP contribution in [-0.2, 0) is 0 Å². The number of nitrogens with zero attached hydrogens (tertiary/aromatic N) is 2. The third-order valence-electron chi connectivity index (χ3n) is 1.75. The molecule has 0 aliphatic carbocycles. The highest BCUT2D eigenvalue weighted by Gasteiger charge is 1.96. The van der Waals surface area contributed by atoms with Crippen molar-refractivity contribution in [1.29, 1.82) is 0 Å². The Morgan fingerprint density at radius 3 is 2.77 bits per heavy atom. The van der Waals surface area contributed by atoms with Crippen LogP contribution in [0.1, 0.15) is 5.56 Å². The zero-order valence-corrected chi connectivity index (χ0v) is 7.19. The van der Waals surface area contributed by atoms with Crippen LogP contribution in [0.2, 0.25) is 0 Å². The Hall–Kier alpha value is -1.84. The van der Waals surface area contributed by atoms with Gasteiger partial charge in [0.1, 0.15) is 0 Å². The zero-order chi connectivity index (χ0) is 9.26. The summed E-state index contributed by atoms with van der Waals surface area (Å²) in [7, 11) is 0. The number of pyridine rings is 1. The van der Waals surface area contributed by atoms with E-state index in [-0.39, 0.29) is 5.56 Å². The van der Waals surface area contributed by atoms with E-state index >= 15 is 0 Å². The maximum atomic E-state index is 10.8. The number of aryl methyl sites for hydroxylation is 1. The van der Waals surface area contributed by atoms with Crippen molar-refractivity contribution in [1.82, 2.24) is 14.8 Å². The fourth-order valence-electron chi connectivity index (χ4n) is 1.07. The fraction of sp³-hybridized carbons (Fsp3) is 0.111. The Bertz CT molecular complexity index is 452. The Morgan fingerprint density at radius 2 is 2.23 bits per heavy atom. The molecule has 13 heavy (non-hydrogen) atoms. The van der Waals surface area contributed by atoms with Crippen LogP contribution in [0.15, 0.2) is 35.4 Å². The summed E-state index contributed by atoms with van der Waals surface area (Å²) in [6.45, 7) is 1.97. The zero-order valence-electron chi connectivity index (χ0n) is 7.19. The van der Waals surface area contributed by atoms with Gasteiger partial charge in [0.2, 0.25) is 0 Å². The SMILES string of the molecule is Cc1ccc(-n2ccc(=O)[nH]2)nc1. The molecule has 0 radical (unpaired) electrons. The predicted octanol–water partition coefficient (Wildman–Crippen LogP) is 0.869. The Morgan fingerprint density at radius 1 is 1.38 bits per heavy atom. The number of H-pyrrole nitrogens is 1. The van der Waals surface area contributed by atoms with E-state index in [2.05, 4.69) is 10.1 Å². The second-order valence-electron chi connectivity index (χ2n) is 2.86. The van der Waals surface area contributed by atoms with Crippen LogP contribution in [0, 0.1) is 6.92 Å². The average molecular weight is 175 g/mol. The molecular formula is C9H9N3O. The van der Waals surface area contributed by atoms with Gasteiger partial charge in [-0.1, -0.05) is 6.07 Å². The number of hydrogen-bond acceptors (Lipinski definition) is 2. The second kappa shape index (κ2) is 2.90. The number of hydrogen-bond donors (Lipinski definition) is 1. The molecule has 4 heteroatoms. The highest BCUT2D eigenvalue weighted by atomic mass is 16.1. The molecule has 2 rings (SSSR count). The molecule has 0 saturated carbocycles. The van der Waals surface area contributed by atoms with Gasteiger partial charge in [0.05, 0.1) is 0 Å². The van der Waals surface area contributed by atoms with Crippen molar-refractivity contribution in [2.45, 2.75) is 6.92 Å². The molecule has 1 N–H and O–H groups in total. The molecule has 0 bridgehead atoms. The van der Waals surface area contributed by atoms with Crippen molar-refractivity contribution in [3.8, 4) is 5.82 Å². The first-order chi connectivity index (χ1) is 6.25. The van der Waals surface area contributed by atoms with E-state index in [0.29, 0.717) is 5.82 Å². The summed E-state index contributed by atoms with van der Waals surface area (Å²) in [5.74, 6) is 0.715. The van der Waals surface area contributed by atoms with Crippen molar-refractivity contribution < 1.29 is 0 Å². The minimum Gasteiger partial charge on any atom is -0.268 e. The van der Waals surface area contributed by atoms with Crippen LogP contribution in [0.5, 0.6) is 0 Å². The lowest BCUT2D eigenvalue weighted by molar-refractivity contribution is 0.832. The van der Waals surface area contributed by atoms with E-state index in [4.69, 9.17) is 0 Å². The van der Waals surface area contributed by atoms with Crippen molar-refractivity contribution in [3.63, 3.8) is 0 Å². The molecule has 4 nitrogen and oxygen atoms in total. The van der Waals surface area contributed by atoms with Crippen LogP contribution >= 0.6 is 0 Å². The van der Waals surface area contributed by atoms with Gasteiger partial charge in [-0.2, -0.15) is 0 Å². The second-order valence-corrected chi connectivity index (χ2v) is 2.86. The van der Waals surface area contributed by atoms with Crippen molar-refractivity contribution >= 4 is 0 Å². The molecule has 2 heterocycles. The molecule has 0 atom stereocenters. The molecule has 0 aromatic carbocycles. The lowest BCUT2D eigenvalue weighted by Crippen LogP contribution is -2.04. The highest BCUT2D eigenvalue weighted by molar-refractivity contribution is 5.23. The Kier molecular flexibility index (Phi) is 1.73. The summed E-state index contributed by atoms with van der Waals surface area (Å²) in [5, 5.41) is 2.61. The molecule has 0 amide bonds. The van der Waals surface area contributed by atoms with E-state index in [1.165, 1.54) is 6.07 Å². The molecule has 0 unspecified atom stereocenters. The average Bonchev–Trinajstić information content (AvgIpc) is 2.53. The van der Waals surface area contributed by atoms with Crippen LogP contribution in [0.25, 0.3) is 5.82 Å². The molecule has 66 valence electrons. The largest absolute Gasteiger partial charge is 0.268 e. The first-order valence-corrected chi connectivity index (χ1v) is 3.96. The standard InChI is InChI=1S/C9H9N3O/c1-7-2-3-8(10-6-7)12-5-4-9(13)11-12/h2-6H,1H3,(H,11,13). The van der Waals surface area contributed by atoms with Gasteiger partial charge in [0, 0.05) is 18.5 Å². The first-order valence-electron chi connectivity index (χ1n) is 3.96. The van der Waals surface area contributed by atoms with Gasteiger partial charge in [-0.05, 0) is 18.6 Å². The third-order valence-corrected chi connectivity index (χ3v) is 1.75. The number of aromatic nitrogens is 3. The van der Waals surface area contributed by atoms with Gasteiger partial charge in [-0.25, -0.2) is 9.67 Å². The molecule has 0 spiro atoms. The molecule has 2 aromatic heterocycles. The van der Waals surface area contributed by atoms with Gasteiger partial charge >= 0.3 is 0 Å². The molecule has 0 saturated heterocycles. The van der Waals surface area contributed by atoms with Crippen molar-refractivity contribution in [3.05, 3.63) is 46.5 Å². The van der Waals surface area contributed by atoms with E-state index in [1.54, 1.807) is 17.1 Å². The van der Waals surface area contributed by atoms with E-state index in [0.717, 1.165) is 5.56 Å². The molecule has 0 aliphatic rings. The Labute approximate surface area is 74.8 Å². The first kappa shape index (κ1) is 7.79. The summed E-state index contributed by atoms with van der Waals surface area (Å²) >= 11 is 0. The topological polar surface area (TPSA) is 50.7 Å². The van der Waals surface area contributed by atoms with Gasteiger partial charge in [0.25, 0.3) is 5.56 Å². The number of aromatic amines is 1. The van der Waals surface area contributed by atoms with E-state index in [9.17, 15) is 4.79 Å². The summed E-state index contributed by atoms with van der Waals surface area (Å²) in [5.41, 5.74) is 0.973. The lowest BCUT2D eigenvalue weighted by atomic mass is 10.3. The molecule has 0 fully saturated rings. The summed E-state index contributed by atoms with van der Waals surface area (Å²) in [4.78, 5) is 15.0. The lowest BCUT2D eigenvalue weighted by Gasteiger charge is -1.99. The minimum atomic E-state index is -0.123. The normalized spacial score (nSPS) is 10.2.